The van der Waals surface area contributed by atoms with Gasteiger partial charge < -0.3 is 15.2 Å². The zero-order chi connectivity index (χ0) is 15.6. The first kappa shape index (κ1) is 15.4. The number of ketones is 1. The number of hydrogen-bond donors (Lipinski definition) is 1. The second kappa shape index (κ2) is 6.18. The van der Waals surface area contributed by atoms with Gasteiger partial charge in [-0.05, 0) is 52.7 Å². The number of carbonyl (C=O) groups excluding carboxylic acids is 1. The van der Waals surface area contributed by atoms with Gasteiger partial charge in [0, 0.05) is 16.8 Å². The average Bonchev–Trinajstić information content (AvgIpc) is 2.49. The zero-order valence-electron chi connectivity index (χ0n) is 12.1. The van der Waals surface area contributed by atoms with Crippen LogP contribution in [0.25, 0.3) is 0 Å². The van der Waals surface area contributed by atoms with Crippen LogP contribution in [0, 0.1) is 6.92 Å². The van der Waals surface area contributed by atoms with Gasteiger partial charge in [0.2, 0.25) is 0 Å². The molecule has 0 aliphatic heterocycles. The van der Waals surface area contributed by atoms with Gasteiger partial charge in [-0.2, -0.15) is 0 Å². The van der Waals surface area contributed by atoms with E-state index in [2.05, 4.69) is 15.9 Å². The Kier molecular flexibility index (Phi) is 4.53. The summed E-state index contributed by atoms with van der Waals surface area (Å²) in [5.74, 6) is 0.997. The maximum absolute atomic E-state index is 12.7. The SMILES string of the molecule is COc1cc(C)c(C(=O)c2cccc(N)c2Br)cc1OC. The van der Waals surface area contributed by atoms with E-state index in [-0.39, 0.29) is 5.78 Å². The maximum atomic E-state index is 12.7. The highest BCUT2D eigenvalue weighted by molar-refractivity contribution is 9.10. The lowest BCUT2D eigenvalue weighted by Crippen LogP contribution is -2.07. The molecule has 0 amide bonds. The monoisotopic (exact) mass is 349 g/mol. The van der Waals surface area contributed by atoms with Gasteiger partial charge in [-0.3, -0.25) is 4.79 Å². The Labute approximate surface area is 132 Å². The number of carbonyl (C=O) groups is 1. The van der Waals surface area contributed by atoms with Crippen LogP contribution < -0.4 is 15.2 Å². The molecule has 5 heteroatoms. The molecule has 0 atom stereocenters. The topological polar surface area (TPSA) is 61.5 Å². The maximum Gasteiger partial charge on any atom is 0.194 e. The summed E-state index contributed by atoms with van der Waals surface area (Å²) < 4.78 is 11.1. The molecule has 2 aromatic rings. The Morgan fingerprint density at radius 1 is 1.10 bits per heavy atom. The van der Waals surface area contributed by atoms with Crippen molar-refractivity contribution in [3.05, 3.63) is 51.5 Å². The molecule has 0 aromatic heterocycles. The van der Waals surface area contributed by atoms with Crippen molar-refractivity contribution in [1.29, 1.82) is 0 Å². The van der Waals surface area contributed by atoms with Crippen molar-refractivity contribution in [2.45, 2.75) is 6.92 Å². The van der Waals surface area contributed by atoms with Crippen LogP contribution in [0.1, 0.15) is 21.5 Å². The van der Waals surface area contributed by atoms with Crippen LogP contribution in [0.2, 0.25) is 0 Å². The van der Waals surface area contributed by atoms with Crippen LogP contribution in [0.4, 0.5) is 5.69 Å². The second-order valence-electron chi connectivity index (χ2n) is 4.56. The number of ether oxygens (including phenoxy) is 2. The third-order valence-electron chi connectivity index (χ3n) is 3.25. The van der Waals surface area contributed by atoms with E-state index < -0.39 is 0 Å². The van der Waals surface area contributed by atoms with Gasteiger partial charge in [0.1, 0.15) is 0 Å². The molecule has 0 spiro atoms. The molecule has 0 bridgehead atoms. The van der Waals surface area contributed by atoms with E-state index in [1.54, 1.807) is 37.4 Å². The van der Waals surface area contributed by atoms with Crippen molar-refractivity contribution >= 4 is 27.4 Å². The summed E-state index contributed by atoms with van der Waals surface area (Å²) >= 11 is 3.36. The molecule has 2 rings (SSSR count). The quantitative estimate of drug-likeness (QED) is 0.676. The summed E-state index contributed by atoms with van der Waals surface area (Å²) in [7, 11) is 3.10. The number of aryl methyl sites for hydroxylation is 1. The summed E-state index contributed by atoms with van der Waals surface area (Å²) in [5.41, 5.74) is 8.24. The van der Waals surface area contributed by atoms with E-state index in [0.717, 1.165) is 5.56 Å². The molecule has 0 saturated carbocycles. The predicted molar refractivity (Wildman–Crippen MR) is 86.3 cm³/mol. The molecule has 2 aromatic carbocycles. The molecule has 0 heterocycles. The van der Waals surface area contributed by atoms with E-state index in [1.807, 2.05) is 6.92 Å². The minimum Gasteiger partial charge on any atom is -0.493 e. The number of hydrogen-bond acceptors (Lipinski definition) is 4. The van der Waals surface area contributed by atoms with E-state index in [1.165, 1.54) is 7.11 Å². The Morgan fingerprint density at radius 2 is 1.71 bits per heavy atom. The van der Waals surface area contributed by atoms with Gasteiger partial charge in [0.15, 0.2) is 17.3 Å². The fourth-order valence-corrected chi connectivity index (χ4v) is 2.54. The van der Waals surface area contributed by atoms with Crippen molar-refractivity contribution in [2.24, 2.45) is 0 Å². The van der Waals surface area contributed by atoms with E-state index in [9.17, 15) is 4.79 Å². The molecular formula is C16H16BrNO3. The smallest absolute Gasteiger partial charge is 0.194 e. The van der Waals surface area contributed by atoms with Gasteiger partial charge in [0.25, 0.3) is 0 Å². The first-order chi connectivity index (χ1) is 9.99. The van der Waals surface area contributed by atoms with E-state index in [0.29, 0.717) is 32.8 Å². The predicted octanol–water partition coefficient (Wildman–Crippen LogP) is 3.59. The molecule has 0 aliphatic carbocycles. The third-order valence-corrected chi connectivity index (χ3v) is 4.13. The van der Waals surface area contributed by atoms with Crippen LogP contribution in [-0.4, -0.2) is 20.0 Å². The van der Waals surface area contributed by atoms with Gasteiger partial charge in [-0.25, -0.2) is 0 Å². The van der Waals surface area contributed by atoms with Crippen molar-refractivity contribution in [1.82, 2.24) is 0 Å². The fourth-order valence-electron chi connectivity index (χ4n) is 2.10. The number of benzene rings is 2. The highest BCUT2D eigenvalue weighted by Crippen LogP contribution is 2.33. The molecule has 4 nitrogen and oxygen atoms in total. The first-order valence-corrected chi connectivity index (χ1v) is 7.10. The summed E-state index contributed by atoms with van der Waals surface area (Å²) in [6.45, 7) is 1.86. The molecule has 110 valence electrons. The molecule has 0 fully saturated rings. The van der Waals surface area contributed by atoms with E-state index >= 15 is 0 Å². The van der Waals surface area contributed by atoms with E-state index in [4.69, 9.17) is 15.2 Å². The lowest BCUT2D eigenvalue weighted by molar-refractivity contribution is 0.103. The van der Waals surface area contributed by atoms with Crippen LogP contribution in [0.15, 0.2) is 34.8 Å². The number of methoxy groups -OCH3 is 2. The molecular weight excluding hydrogens is 334 g/mol. The van der Waals surface area contributed by atoms with Crippen molar-refractivity contribution in [2.75, 3.05) is 20.0 Å². The number of anilines is 1. The summed E-state index contributed by atoms with van der Waals surface area (Å²) in [5, 5.41) is 0. The third kappa shape index (κ3) is 2.88. The number of nitrogens with two attached hydrogens (primary N) is 1. The minimum absolute atomic E-state index is 0.118. The van der Waals surface area contributed by atoms with Crippen LogP contribution >= 0.6 is 15.9 Å². The van der Waals surface area contributed by atoms with Crippen LogP contribution in [0.3, 0.4) is 0 Å². The Hall–Kier alpha value is -2.01. The fraction of sp³-hybridized carbons (Fsp3) is 0.188. The number of halogens is 1. The highest BCUT2D eigenvalue weighted by atomic mass is 79.9. The number of rotatable bonds is 4. The zero-order valence-corrected chi connectivity index (χ0v) is 13.7. The molecule has 0 unspecified atom stereocenters. The standard InChI is InChI=1S/C16H16BrNO3/c1-9-7-13(20-2)14(21-3)8-11(9)16(19)10-5-4-6-12(18)15(10)17/h4-8H,18H2,1-3H3. The van der Waals surface area contributed by atoms with Crippen molar-refractivity contribution in [3.8, 4) is 11.5 Å². The Morgan fingerprint density at radius 3 is 2.33 bits per heavy atom. The summed E-state index contributed by atoms with van der Waals surface area (Å²) in [6, 6.07) is 8.70. The van der Waals surface area contributed by atoms with Gasteiger partial charge in [-0.15, -0.1) is 0 Å². The van der Waals surface area contributed by atoms with Gasteiger partial charge in [-0.1, -0.05) is 6.07 Å². The highest BCUT2D eigenvalue weighted by Gasteiger charge is 2.18. The lowest BCUT2D eigenvalue weighted by Gasteiger charge is -2.13. The second-order valence-corrected chi connectivity index (χ2v) is 5.35. The first-order valence-electron chi connectivity index (χ1n) is 6.31. The van der Waals surface area contributed by atoms with Gasteiger partial charge >= 0.3 is 0 Å². The lowest BCUT2D eigenvalue weighted by atomic mass is 9.98. The van der Waals surface area contributed by atoms with Crippen molar-refractivity contribution in [3.63, 3.8) is 0 Å². The summed E-state index contributed by atoms with van der Waals surface area (Å²) in [4.78, 5) is 12.7. The number of nitrogen functional groups attached to an aromatic ring is 1. The molecule has 0 saturated heterocycles. The largest absolute Gasteiger partial charge is 0.493 e. The molecule has 0 aliphatic rings. The minimum atomic E-state index is -0.118. The van der Waals surface area contributed by atoms with Crippen LogP contribution in [0.5, 0.6) is 11.5 Å². The Bertz CT molecular complexity index is 698. The normalized spacial score (nSPS) is 10.3. The van der Waals surface area contributed by atoms with Gasteiger partial charge in [0.05, 0.1) is 18.7 Å². The molecule has 2 N–H and O–H groups in total. The molecule has 21 heavy (non-hydrogen) atoms. The summed E-state index contributed by atoms with van der Waals surface area (Å²) in [6.07, 6.45) is 0. The molecule has 0 radical (unpaired) electrons. The van der Waals surface area contributed by atoms with Crippen molar-refractivity contribution < 1.29 is 14.3 Å². The van der Waals surface area contributed by atoms with Crippen LogP contribution in [-0.2, 0) is 0 Å². The Balaban J connectivity index is 2.56. The average molecular weight is 350 g/mol.